The fraction of sp³-hybridized carbons (Fsp3) is 0.0645. The van der Waals surface area contributed by atoms with E-state index in [1.165, 1.54) is 0 Å². The van der Waals surface area contributed by atoms with Crippen molar-refractivity contribution in [2.75, 3.05) is 11.6 Å². The van der Waals surface area contributed by atoms with Gasteiger partial charge in [0.2, 0.25) is 0 Å². The van der Waals surface area contributed by atoms with Gasteiger partial charge in [-0.05, 0) is 28.8 Å². The summed E-state index contributed by atoms with van der Waals surface area (Å²) < 4.78 is 4.13. The second-order valence-electron chi connectivity index (χ2n) is 9.19. The molecule has 0 saturated carbocycles. The summed E-state index contributed by atoms with van der Waals surface area (Å²) in [5.74, 6) is 0.891. The molecule has 38 heavy (non-hydrogen) atoms. The second-order valence-corrected chi connectivity index (χ2v) is 9.19. The summed E-state index contributed by atoms with van der Waals surface area (Å²) in [5.41, 5.74) is 5.63. The molecule has 7 heteroatoms. The second kappa shape index (κ2) is 9.05. The lowest BCUT2D eigenvalue weighted by Crippen LogP contribution is -2.38. The van der Waals surface area contributed by atoms with Crippen molar-refractivity contribution in [3.05, 3.63) is 145 Å². The summed E-state index contributed by atoms with van der Waals surface area (Å²) in [4.78, 5) is 11.6. The molecule has 3 aromatic heterocycles. The van der Waals surface area contributed by atoms with Crippen LogP contribution in [0.2, 0.25) is 0 Å². The third-order valence-corrected chi connectivity index (χ3v) is 7.07. The van der Waals surface area contributed by atoms with Gasteiger partial charge < -0.3 is 4.84 Å². The first-order chi connectivity index (χ1) is 18.8. The maximum absolute atomic E-state index is 5.15. The van der Waals surface area contributed by atoms with Crippen molar-refractivity contribution in [1.29, 1.82) is 0 Å². The lowest BCUT2D eigenvalue weighted by molar-refractivity contribution is 0.174. The van der Waals surface area contributed by atoms with Crippen LogP contribution in [0.1, 0.15) is 16.7 Å². The third-order valence-electron chi connectivity index (χ3n) is 7.07. The largest absolute Gasteiger partial charge is 0.372 e. The molecule has 1 aliphatic rings. The zero-order valence-corrected chi connectivity index (χ0v) is 20.5. The normalized spacial score (nSPS) is 13.2. The first kappa shape index (κ1) is 22.1. The van der Waals surface area contributed by atoms with Gasteiger partial charge in [0.1, 0.15) is 23.3 Å². The minimum Gasteiger partial charge on any atom is -0.372 e. The molecule has 1 aliphatic heterocycles. The van der Waals surface area contributed by atoms with Crippen molar-refractivity contribution in [3.63, 3.8) is 0 Å². The van der Waals surface area contributed by atoms with Crippen molar-refractivity contribution < 1.29 is 4.84 Å². The average molecular weight is 497 g/mol. The Bertz CT molecular complexity index is 1630. The molecule has 0 unspecified atom stereocenters. The van der Waals surface area contributed by atoms with Crippen molar-refractivity contribution in [1.82, 2.24) is 19.2 Å². The van der Waals surface area contributed by atoms with Crippen molar-refractivity contribution in [2.24, 2.45) is 5.16 Å². The molecule has 0 spiro atoms. The van der Waals surface area contributed by atoms with Crippen molar-refractivity contribution in [2.45, 2.75) is 5.54 Å². The Labute approximate surface area is 219 Å². The summed E-state index contributed by atoms with van der Waals surface area (Å²) in [6, 6.07) is 35.8. The maximum atomic E-state index is 5.15. The van der Waals surface area contributed by atoms with E-state index in [2.05, 4.69) is 106 Å². The molecular weight excluding hydrogens is 472 g/mol. The van der Waals surface area contributed by atoms with E-state index in [-0.39, 0.29) is 0 Å². The van der Waals surface area contributed by atoms with Gasteiger partial charge >= 0.3 is 0 Å². The van der Waals surface area contributed by atoms with Crippen LogP contribution in [0.15, 0.2) is 133 Å². The minimum absolute atomic E-state index is 0.365. The number of fused-ring (bicyclic) bond motifs is 1. The molecule has 0 aliphatic carbocycles. The van der Waals surface area contributed by atoms with Crippen LogP contribution in [0, 0.1) is 0 Å². The number of imidazole rings is 1. The Morgan fingerprint density at radius 3 is 1.87 bits per heavy atom. The molecule has 0 saturated heterocycles. The number of aromatic nitrogens is 4. The predicted octanol–water partition coefficient (Wildman–Crippen LogP) is 5.78. The van der Waals surface area contributed by atoms with Crippen LogP contribution < -0.4 is 4.90 Å². The first-order valence-corrected chi connectivity index (χ1v) is 12.5. The fourth-order valence-corrected chi connectivity index (χ4v) is 5.29. The minimum atomic E-state index is -0.657. The van der Waals surface area contributed by atoms with Gasteiger partial charge in [0.25, 0.3) is 0 Å². The van der Waals surface area contributed by atoms with Crippen molar-refractivity contribution >= 4 is 17.8 Å². The van der Waals surface area contributed by atoms with Gasteiger partial charge in [0.05, 0.1) is 12.4 Å². The summed E-state index contributed by atoms with van der Waals surface area (Å²) in [6.07, 6.45) is 9.64. The fourth-order valence-electron chi connectivity index (χ4n) is 5.29. The number of benzene rings is 3. The number of pyridine rings is 1. The number of oxime groups is 1. The summed E-state index contributed by atoms with van der Waals surface area (Å²) in [5, 5.41) is 8.87. The van der Waals surface area contributed by atoms with Gasteiger partial charge in [-0.1, -0.05) is 96.2 Å². The van der Waals surface area contributed by atoms with E-state index in [1.807, 2.05) is 46.0 Å². The molecule has 7 nitrogen and oxygen atoms in total. The Kier molecular flexibility index (Phi) is 5.25. The third kappa shape index (κ3) is 3.48. The van der Waals surface area contributed by atoms with Crippen molar-refractivity contribution in [3.8, 4) is 11.1 Å². The van der Waals surface area contributed by atoms with E-state index in [9.17, 15) is 0 Å². The lowest BCUT2D eigenvalue weighted by atomic mass is 9.77. The zero-order valence-electron chi connectivity index (χ0n) is 20.5. The molecule has 0 fully saturated rings. The number of hydrogen-bond donors (Lipinski definition) is 0. The zero-order chi connectivity index (χ0) is 25.4. The van der Waals surface area contributed by atoms with E-state index >= 15 is 0 Å². The molecule has 0 N–H and O–H groups in total. The van der Waals surface area contributed by atoms with Gasteiger partial charge in [-0.25, -0.2) is 4.98 Å². The quantitative estimate of drug-likeness (QED) is 0.275. The Morgan fingerprint density at radius 1 is 0.658 bits per heavy atom. The molecule has 0 atom stereocenters. The lowest BCUT2D eigenvalue weighted by Gasteiger charge is -2.36. The highest BCUT2D eigenvalue weighted by Crippen LogP contribution is 2.41. The monoisotopic (exact) mass is 496 g/mol. The highest BCUT2D eigenvalue weighted by molar-refractivity contribution is 5.79. The topological polar surface area (TPSA) is 60.0 Å². The number of rotatable bonds is 6. The van der Waals surface area contributed by atoms with Gasteiger partial charge in [-0.2, -0.15) is 5.10 Å². The number of anilines is 1. The molecule has 0 amide bonds. The van der Waals surface area contributed by atoms with Crippen LogP contribution in [0.4, 0.5) is 5.82 Å². The van der Waals surface area contributed by atoms with Gasteiger partial charge in [0, 0.05) is 23.5 Å². The van der Waals surface area contributed by atoms with Crippen LogP contribution in [0.25, 0.3) is 16.8 Å². The predicted molar refractivity (Wildman–Crippen MR) is 148 cm³/mol. The van der Waals surface area contributed by atoms with Gasteiger partial charge in [-0.3, -0.25) is 14.0 Å². The van der Waals surface area contributed by atoms with Crippen LogP contribution in [-0.4, -0.2) is 32.2 Å². The van der Waals surface area contributed by atoms with E-state index in [0.29, 0.717) is 6.73 Å². The van der Waals surface area contributed by atoms with Crippen LogP contribution in [-0.2, 0) is 10.4 Å². The number of nitrogens with zero attached hydrogens (tertiary/aromatic N) is 6. The van der Waals surface area contributed by atoms with Gasteiger partial charge in [-0.15, -0.1) is 0 Å². The number of hydrogen-bond acceptors (Lipinski definition) is 5. The molecule has 7 rings (SSSR count). The highest BCUT2D eigenvalue weighted by atomic mass is 16.6. The Morgan fingerprint density at radius 2 is 1.29 bits per heavy atom. The molecule has 6 aromatic rings. The smallest absolute Gasteiger partial charge is 0.196 e. The van der Waals surface area contributed by atoms with E-state index in [4.69, 9.17) is 9.94 Å². The van der Waals surface area contributed by atoms with E-state index in [1.54, 1.807) is 6.34 Å². The standard InChI is InChI=1S/C31H24N6O/c1-4-10-26(11-5-1)31(27-12-6-2-7-13-27,28-14-8-3-9-15-28)37-21-25(18-33-37)24-16-17-29-32-19-30(36(29)20-24)35-22-34-38-23-35/h1-22H,23H2. The SMILES string of the molecule is C1=NOCN1c1cnc2ccc(-c3cnn(C(c4ccccc4)(c4ccccc4)c4ccccc4)c3)cn12. The molecular formula is C31H24N6O. The molecule has 4 heterocycles. The summed E-state index contributed by atoms with van der Waals surface area (Å²) >= 11 is 0. The van der Waals surface area contributed by atoms with E-state index < -0.39 is 5.54 Å². The Balaban J connectivity index is 1.42. The van der Waals surface area contributed by atoms with Crippen LogP contribution in [0.3, 0.4) is 0 Å². The highest BCUT2D eigenvalue weighted by Gasteiger charge is 2.39. The molecule has 3 aromatic carbocycles. The van der Waals surface area contributed by atoms with Crippen LogP contribution in [0.5, 0.6) is 0 Å². The first-order valence-electron chi connectivity index (χ1n) is 12.5. The summed E-state index contributed by atoms with van der Waals surface area (Å²) in [7, 11) is 0. The van der Waals surface area contributed by atoms with Gasteiger partial charge in [0.15, 0.2) is 6.73 Å². The van der Waals surface area contributed by atoms with Crippen LogP contribution >= 0.6 is 0 Å². The van der Waals surface area contributed by atoms with E-state index in [0.717, 1.165) is 39.3 Å². The Hall–Kier alpha value is -5.17. The summed E-state index contributed by atoms with van der Waals surface area (Å²) in [6.45, 7) is 0.365. The molecule has 0 bridgehead atoms. The molecule has 0 radical (unpaired) electrons. The maximum Gasteiger partial charge on any atom is 0.196 e. The average Bonchev–Trinajstić information content (AvgIpc) is 3.76. The molecule has 184 valence electrons.